The second-order valence-corrected chi connectivity index (χ2v) is 6.62. The highest BCUT2D eigenvalue weighted by molar-refractivity contribution is 6.35. The first-order valence-corrected chi connectivity index (χ1v) is 8.37. The molecule has 1 saturated heterocycles. The first-order valence-electron chi connectivity index (χ1n) is 7.61. The van der Waals surface area contributed by atoms with E-state index in [0.717, 1.165) is 12.8 Å². The molecule has 1 aliphatic heterocycles. The number of halogens is 2. The maximum absolute atomic E-state index is 12.5. The van der Waals surface area contributed by atoms with Crippen LogP contribution in [0.25, 0.3) is 0 Å². The summed E-state index contributed by atoms with van der Waals surface area (Å²) in [4.78, 5) is 26.6. The molecular weight excluding hydrogens is 351 g/mol. The summed E-state index contributed by atoms with van der Waals surface area (Å²) in [7, 11) is 0. The summed E-state index contributed by atoms with van der Waals surface area (Å²) in [6.45, 7) is 1.01. The molecule has 1 N–H and O–H groups in total. The van der Waals surface area contributed by atoms with E-state index >= 15 is 0 Å². The van der Waals surface area contributed by atoms with E-state index in [1.165, 1.54) is 12.5 Å². The molecule has 1 fully saturated rings. The Bertz CT molecular complexity index is 726. The Balaban J connectivity index is 1.65. The lowest BCUT2D eigenvalue weighted by Gasteiger charge is -2.31. The Labute approximate surface area is 149 Å². The van der Waals surface area contributed by atoms with Crippen molar-refractivity contribution in [1.82, 2.24) is 4.90 Å². The summed E-state index contributed by atoms with van der Waals surface area (Å²) < 4.78 is 4.95. The summed E-state index contributed by atoms with van der Waals surface area (Å²) in [5.41, 5.74) is 1.05. The van der Waals surface area contributed by atoms with Gasteiger partial charge >= 0.3 is 0 Å². The highest BCUT2D eigenvalue weighted by Crippen LogP contribution is 2.25. The standard InChI is InChI=1S/C17H16Cl2N2O3/c18-13-6-14(19)8-15(7-13)20-16(22)11-2-1-4-21(9-11)17(23)12-3-5-24-10-12/h3,5-8,10-11H,1-2,4,9H2,(H,20,22)/t11-/m0/s1. The Morgan fingerprint density at radius 1 is 1.21 bits per heavy atom. The molecule has 0 aliphatic carbocycles. The smallest absolute Gasteiger partial charge is 0.257 e. The second-order valence-electron chi connectivity index (χ2n) is 5.75. The first-order chi connectivity index (χ1) is 11.5. The third-order valence-electron chi connectivity index (χ3n) is 3.98. The zero-order chi connectivity index (χ0) is 17.1. The van der Waals surface area contributed by atoms with Gasteiger partial charge in [-0.1, -0.05) is 23.2 Å². The number of piperidine rings is 1. The summed E-state index contributed by atoms with van der Waals surface area (Å²) in [6, 6.07) is 6.51. The Morgan fingerprint density at radius 3 is 2.62 bits per heavy atom. The number of hydrogen-bond acceptors (Lipinski definition) is 3. The fourth-order valence-corrected chi connectivity index (χ4v) is 3.34. The molecule has 0 unspecified atom stereocenters. The van der Waals surface area contributed by atoms with Gasteiger partial charge in [0.2, 0.25) is 5.91 Å². The van der Waals surface area contributed by atoms with E-state index in [1.54, 1.807) is 29.2 Å². The lowest BCUT2D eigenvalue weighted by Crippen LogP contribution is -2.43. The van der Waals surface area contributed by atoms with E-state index in [9.17, 15) is 9.59 Å². The molecule has 1 aliphatic rings. The fourth-order valence-electron chi connectivity index (χ4n) is 2.81. The molecule has 1 aromatic carbocycles. The third kappa shape index (κ3) is 3.91. The first kappa shape index (κ1) is 16.9. The van der Waals surface area contributed by atoms with Crippen LogP contribution in [0.2, 0.25) is 10.0 Å². The van der Waals surface area contributed by atoms with E-state index in [1.807, 2.05) is 0 Å². The number of nitrogens with zero attached hydrogens (tertiary/aromatic N) is 1. The average molecular weight is 367 g/mol. The Morgan fingerprint density at radius 2 is 1.96 bits per heavy atom. The van der Waals surface area contributed by atoms with Gasteiger partial charge in [-0.2, -0.15) is 0 Å². The molecule has 0 radical (unpaired) electrons. The second kappa shape index (κ2) is 7.28. The number of benzene rings is 1. The minimum atomic E-state index is -0.271. The van der Waals surface area contributed by atoms with Crippen molar-refractivity contribution in [2.75, 3.05) is 18.4 Å². The predicted octanol–water partition coefficient (Wildman–Crippen LogP) is 4.08. The van der Waals surface area contributed by atoms with E-state index in [0.29, 0.717) is 34.4 Å². The zero-order valence-corrected chi connectivity index (χ0v) is 14.3. The maximum Gasteiger partial charge on any atom is 0.257 e. The monoisotopic (exact) mass is 366 g/mol. The lowest BCUT2D eigenvalue weighted by molar-refractivity contribution is -0.121. The zero-order valence-electron chi connectivity index (χ0n) is 12.8. The van der Waals surface area contributed by atoms with Crippen LogP contribution in [-0.2, 0) is 4.79 Å². The molecule has 1 aromatic heterocycles. The summed E-state index contributed by atoms with van der Waals surface area (Å²) in [5.74, 6) is -0.530. The number of amides is 2. The van der Waals surface area contributed by atoms with Crippen LogP contribution in [0.15, 0.2) is 41.2 Å². The van der Waals surface area contributed by atoms with Crippen LogP contribution in [0.5, 0.6) is 0 Å². The topological polar surface area (TPSA) is 62.6 Å². The summed E-state index contributed by atoms with van der Waals surface area (Å²) in [5, 5.41) is 3.74. The normalized spacial score (nSPS) is 17.6. The van der Waals surface area contributed by atoms with Crippen molar-refractivity contribution in [3.63, 3.8) is 0 Å². The highest BCUT2D eigenvalue weighted by Gasteiger charge is 2.29. The molecule has 3 rings (SSSR count). The minimum absolute atomic E-state index is 0.118. The number of furan rings is 1. The summed E-state index contributed by atoms with van der Waals surface area (Å²) in [6.07, 6.45) is 4.39. The van der Waals surface area contributed by atoms with Crippen LogP contribution in [0.4, 0.5) is 5.69 Å². The van der Waals surface area contributed by atoms with E-state index in [-0.39, 0.29) is 17.7 Å². The molecule has 7 heteroatoms. The van der Waals surface area contributed by atoms with Gasteiger partial charge in [0.1, 0.15) is 6.26 Å². The van der Waals surface area contributed by atoms with Gasteiger partial charge in [-0.05, 0) is 37.1 Å². The molecule has 2 heterocycles. The number of carbonyl (C=O) groups excluding carboxylic acids is 2. The van der Waals surface area contributed by atoms with Crippen molar-refractivity contribution < 1.29 is 14.0 Å². The van der Waals surface area contributed by atoms with Gasteiger partial charge in [0.15, 0.2) is 0 Å². The predicted molar refractivity (Wildman–Crippen MR) is 92.4 cm³/mol. The number of nitrogens with one attached hydrogen (secondary N) is 1. The quantitative estimate of drug-likeness (QED) is 0.889. The minimum Gasteiger partial charge on any atom is -0.472 e. The van der Waals surface area contributed by atoms with Crippen molar-refractivity contribution in [2.45, 2.75) is 12.8 Å². The van der Waals surface area contributed by atoms with Crippen LogP contribution >= 0.6 is 23.2 Å². The molecular formula is C17H16Cl2N2O3. The van der Waals surface area contributed by atoms with Gasteiger partial charge in [-0.3, -0.25) is 9.59 Å². The van der Waals surface area contributed by atoms with Crippen molar-refractivity contribution in [3.05, 3.63) is 52.4 Å². The Hall–Kier alpha value is -1.98. The largest absolute Gasteiger partial charge is 0.472 e. The van der Waals surface area contributed by atoms with Crippen LogP contribution in [0.1, 0.15) is 23.2 Å². The lowest BCUT2D eigenvalue weighted by atomic mass is 9.96. The number of carbonyl (C=O) groups is 2. The van der Waals surface area contributed by atoms with Gasteiger partial charge in [-0.15, -0.1) is 0 Å². The van der Waals surface area contributed by atoms with Crippen molar-refractivity contribution >= 4 is 40.7 Å². The fraction of sp³-hybridized carbons (Fsp3) is 0.294. The maximum atomic E-state index is 12.5. The molecule has 126 valence electrons. The molecule has 0 bridgehead atoms. The van der Waals surface area contributed by atoms with E-state index < -0.39 is 0 Å². The molecule has 2 amide bonds. The average Bonchev–Trinajstić information content (AvgIpc) is 3.07. The van der Waals surface area contributed by atoms with Gasteiger partial charge in [0, 0.05) is 28.8 Å². The van der Waals surface area contributed by atoms with Crippen LogP contribution < -0.4 is 5.32 Å². The van der Waals surface area contributed by atoms with E-state index in [2.05, 4.69) is 5.32 Å². The van der Waals surface area contributed by atoms with Crippen LogP contribution in [0.3, 0.4) is 0 Å². The molecule has 2 aromatic rings. The van der Waals surface area contributed by atoms with Crippen LogP contribution in [0, 0.1) is 5.92 Å². The molecule has 24 heavy (non-hydrogen) atoms. The summed E-state index contributed by atoms with van der Waals surface area (Å²) >= 11 is 11.9. The third-order valence-corrected chi connectivity index (χ3v) is 4.41. The van der Waals surface area contributed by atoms with E-state index in [4.69, 9.17) is 27.6 Å². The van der Waals surface area contributed by atoms with Crippen molar-refractivity contribution in [1.29, 1.82) is 0 Å². The van der Waals surface area contributed by atoms with Crippen molar-refractivity contribution in [2.24, 2.45) is 5.92 Å². The highest BCUT2D eigenvalue weighted by atomic mass is 35.5. The van der Waals surface area contributed by atoms with Crippen LogP contribution in [-0.4, -0.2) is 29.8 Å². The van der Waals surface area contributed by atoms with Gasteiger partial charge in [-0.25, -0.2) is 0 Å². The van der Waals surface area contributed by atoms with Crippen molar-refractivity contribution in [3.8, 4) is 0 Å². The number of rotatable bonds is 3. The molecule has 0 saturated carbocycles. The number of likely N-dealkylation sites (tertiary alicyclic amines) is 1. The molecule has 5 nitrogen and oxygen atoms in total. The Kier molecular flexibility index (Phi) is 5.11. The number of hydrogen-bond donors (Lipinski definition) is 1. The molecule has 1 atom stereocenters. The van der Waals surface area contributed by atoms with Gasteiger partial charge in [0.25, 0.3) is 5.91 Å². The molecule has 0 spiro atoms. The number of anilines is 1. The van der Waals surface area contributed by atoms with Gasteiger partial charge < -0.3 is 14.6 Å². The van der Waals surface area contributed by atoms with Gasteiger partial charge in [0.05, 0.1) is 17.7 Å². The SMILES string of the molecule is O=C(Nc1cc(Cl)cc(Cl)c1)[C@H]1CCCN(C(=O)c2ccoc2)C1.